The maximum atomic E-state index is 15.0. The number of rotatable bonds is 10. The van der Waals surface area contributed by atoms with Crippen molar-refractivity contribution in [3.63, 3.8) is 0 Å². The fourth-order valence-corrected chi connectivity index (χ4v) is 6.04. The molecule has 1 heterocycles. The molecule has 5 nitrogen and oxygen atoms in total. The normalized spacial score (nSPS) is 12.1. The lowest BCUT2D eigenvalue weighted by molar-refractivity contribution is 0.568. The Morgan fingerprint density at radius 2 is 1.66 bits per heavy atom. The molecule has 38 heavy (non-hydrogen) atoms. The van der Waals surface area contributed by atoms with Crippen molar-refractivity contribution in [2.75, 3.05) is 4.31 Å². The van der Waals surface area contributed by atoms with E-state index in [2.05, 4.69) is 4.98 Å². The first kappa shape index (κ1) is 29.5. The third-order valence-corrected chi connectivity index (χ3v) is 8.25. The quantitative estimate of drug-likeness (QED) is 0.183. The molecule has 0 unspecified atom stereocenters. The largest absolute Gasteiger partial charge is 0.337 e. The van der Waals surface area contributed by atoms with E-state index in [9.17, 15) is 21.6 Å². The van der Waals surface area contributed by atoms with Crippen LogP contribution in [0.3, 0.4) is 0 Å². The molecule has 4 rings (SSSR count). The molecule has 1 aromatic heterocycles. The summed E-state index contributed by atoms with van der Waals surface area (Å²) in [7, 11) is -4.38. The maximum absolute atomic E-state index is 15.0. The number of nitrogens with zero attached hydrogens (tertiary/aromatic N) is 3. The second-order valence-corrected chi connectivity index (χ2v) is 10.9. The minimum atomic E-state index is -4.38. The predicted octanol–water partition coefficient (Wildman–Crippen LogP) is 7.36. The molecule has 0 bridgehead atoms. The monoisotopic (exact) mass is 583 g/mol. The summed E-state index contributed by atoms with van der Waals surface area (Å²) in [6.07, 6.45) is 7.19. The van der Waals surface area contributed by atoms with Gasteiger partial charge in [-0.25, -0.2) is 26.6 Å². The Balaban J connectivity index is 0.00000400. The highest BCUT2D eigenvalue weighted by atomic mass is 35.5. The van der Waals surface area contributed by atoms with Gasteiger partial charge < -0.3 is 4.57 Å². The van der Waals surface area contributed by atoms with E-state index in [0.717, 1.165) is 35.5 Å². The van der Waals surface area contributed by atoms with Crippen LogP contribution in [0.4, 0.5) is 18.9 Å². The fraction of sp³-hybridized carbons (Fsp3) is 0.222. The molecule has 0 aliphatic rings. The van der Waals surface area contributed by atoms with Gasteiger partial charge in [-0.3, -0.25) is 4.31 Å². The Kier molecular flexibility index (Phi) is 9.87. The molecule has 11 heteroatoms. The van der Waals surface area contributed by atoms with Crippen LogP contribution in [0.2, 0.25) is 5.02 Å². The second kappa shape index (κ2) is 12.7. The van der Waals surface area contributed by atoms with Crippen molar-refractivity contribution in [1.29, 1.82) is 0 Å². The van der Waals surface area contributed by atoms with Gasteiger partial charge in [0.2, 0.25) is 0 Å². The molecule has 1 atom stereocenters. The zero-order chi connectivity index (χ0) is 26.6. The molecule has 0 saturated heterocycles. The van der Waals surface area contributed by atoms with E-state index in [1.807, 2.05) is 10.8 Å². The van der Waals surface area contributed by atoms with Crippen molar-refractivity contribution in [3.05, 3.63) is 113 Å². The average Bonchev–Trinajstić information content (AvgIpc) is 3.38. The summed E-state index contributed by atoms with van der Waals surface area (Å²) in [5, 5.41) is 0.326. The topological polar surface area (TPSA) is 55.2 Å². The van der Waals surface area contributed by atoms with E-state index in [0.29, 0.717) is 29.0 Å². The van der Waals surface area contributed by atoms with Crippen LogP contribution < -0.4 is 4.31 Å². The van der Waals surface area contributed by atoms with Crippen molar-refractivity contribution in [2.24, 2.45) is 0 Å². The third kappa shape index (κ3) is 6.70. The number of aromatic nitrogens is 2. The number of aryl methyl sites for hydroxylation is 2. The van der Waals surface area contributed by atoms with E-state index in [1.165, 1.54) is 42.5 Å². The Labute approximate surface area is 231 Å². The van der Waals surface area contributed by atoms with Gasteiger partial charge in [0.1, 0.15) is 17.5 Å². The molecule has 202 valence electrons. The van der Waals surface area contributed by atoms with E-state index in [1.54, 1.807) is 19.4 Å². The summed E-state index contributed by atoms with van der Waals surface area (Å²) < 4.78 is 73.8. The van der Waals surface area contributed by atoms with Crippen molar-refractivity contribution in [1.82, 2.24) is 9.55 Å². The molecule has 0 aliphatic carbocycles. The van der Waals surface area contributed by atoms with Crippen molar-refractivity contribution in [2.45, 2.75) is 43.7 Å². The summed E-state index contributed by atoms with van der Waals surface area (Å²) in [4.78, 5) is 3.87. The molecular weight excluding hydrogens is 558 g/mol. The lowest BCUT2D eigenvalue weighted by atomic mass is 9.96. The van der Waals surface area contributed by atoms with Crippen molar-refractivity contribution < 1.29 is 21.6 Å². The van der Waals surface area contributed by atoms with Gasteiger partial charge in [0.25, 0.3) is 10.0 Å². The Bertz CT molecular complexity index is 1470. The summed E-state index contributed by atoms with van der Waals surface area (Å²) >= 11 is 5.93. The number of hydrogen-bond acceptors (Lipinski definition) is 3. The first-order valence-corrected chi connectivity index (χ1v) is 13.5. The zero-order valence-electron chi connectivity index (χ0n) is 20.4. The lowest BCUT2D eigenvalue weighted by Crippen LogP contribution is -2.35. The zero-order valence-corrected chi connectivity index (χ0v) is 22.8. The predicted molar refractivity (Wildman–Crippen MR) is 145 cm³/mol. The van der Waals surface area contributed by atoms with Gasteiger partial charge in [0.15, 0.2) is 0 Å². The standard InChI is InChI=1S/C27H25ClF3N3O2S.ClH/c1-19(25-11-7-22(29)16-20(25)4-2-3-14-33-15-13-32-18-33)34(27-17-23(30)8-12-26(27)31)37(35,36)24-9-5-21(28)6-10-24;/h5-13,15-19H,2-4,14H2,1H3;1H/t19-;/m1./s1. The molecular formula is C27H26Cl2F3N3O2S. The number of anilines is 1. The van der Waals surface area contributed by atoms with Gasteiger partial charge in [-0.2, -0.15) is 0 Å². The molecule has 0 N–H and O–H groups in total. The highest BCUT2D eigenvalue weighted by Gasteiger charge is 2.33. The van der Waals surface area contributed by atoms with Crippen LogP contribution >= 0.6 is 24.0 Å². The number of benzene rings is 3. The molecule has 0 amide bonds. The Morgan fingerprint density at radius 1 is 0.974 bits per heavy atom. The van der Waals surface area contributed by atoms with E-state index in [4.69, 9.17) is 11.6 Å². The van der Waals surface area contributed by atoms with Crippen LogP contribution in [-0.4, -0.2) is 18.0 Å². The van der Waals surface area contributed by atoms with E-state index >= 15 is 0 Å². The highest BCUT2D eigenvalue weighted by molar-refractivity contribution is 7.92. The fourth-order valence-electron chi connectivity index (χ4n) is 4.27. The van der Waals surface area contributed by atoms with Crippen LogP contribution in [0.15, 0.2) is 84.3 Å². The lowest BCUT2D eigenvalue weighted by Gasteiger charge is -2.32. The van der Waals surface area contributed by atoms with Gasteiger partial charge in [-0.15, -0.1) is 12.4 Å². The summed E-state index contributed by atoms with van der Waals surface area (Å²) in [5.74, 6) is -2.17. The van der Waals surface area contributed by atoms with Crippen LogP contribution in [0.1, 0.15) is 36.9 Å². The van der Waals surface area contributed by atoms with Gasteiger partial charge >= 0.3 is 0 Å². The number of hydrogen-bond donors (Lipinski definition) is 0. The Hall–Kier alpha value is -3.01. The van der Waals surface area contributed by atoms with Gasteiger partial charge in [-0.05, 0) is 85.8 Å². The molecule has 0 aliphatic heterocycles. The number of unbranched alkanes of at least 4 members (excludes halogenated alkanes) is 1. The summed E-state index contributed by atoms with van der Waals surface area (Å²) in [6.45, 7) is 2.30. The molecule has 0 radical (unpaired) electrons. The van der Waals surface area contributed by atoms with Crippen LogP contribution in [0, 0.1) is 17.5 Å². The maximum Gasteiger partial charge on any atom is 0.264 e. The molecule has 0 fully saturated rings. The van der Waals surface area contributed by atoms with Crippen LogP contribution in [0.5, 0.6) is 0 Å². The second-order valence-electron chi connectivity index (χ2n) is 8.63. The van der Waals surface area contributed by atoms with E-state index in [-0.39, 0.29) is 17.3 Å². The summed E-state index contributed by atoms with van der Waals surface area (Å²) in [5.41, 5.74) is 0.634. The molecule has 0 spiro atoms. The van der Waals surface area contributed by atoms with Gasteiger partial charge in [-0.1, -0.05) is 17.7 Å². The van der Waals surface area contributed by atoms with E-state index < -0.39 is 39.2 Å². The molecule has 4 aromatic rings. The molecule has 3 aromatic carbocycles. The van der Waals surface area contributed by atoms with Crippen molar-refractivity contribution in [3.8, 4) is 0 Å². The third-order valence-electron chi connectivity index (χ3n) is 6.09. The summed E-state index contributed by atoms with van der Waals surface area (Å²) in [6, 6.07) is 11.2. The van der Waals surface area contributed by atoms with Crippen LogP contribution in [-0.2, 0) is 23.0 Å². The van der Waals surface area contributed by atoms with Crippen LogP contribution in [0.25, 0.3) is 0 Å². The van der Waals surface area contributed by atoms with Gasteiger partial charge in [0, 0.05) is 30.0 Å². The number of halogens is 5. The first-order valence-electron chi connectivity index (χ1n) is 11.7. The number of imidazole rings is 1. The SMILES string of the molecule is C[C@H](c1ccc(F)cc1CCCCn1ccnc1)N(c1cc(F)ccc1F)S(=O)(=O)c1ccc(Cl)cc1.Cl. The first-order chi connectivity index (χ1) is 17.7. The molecule has 0 saturated carbocycles. The van der Waals surface area contributed by atoms with Gasteiger partial charge in [0.05, 0.1) is 23.0 Å². The minimum Gasteiger partial charge on any atom is -0.337 e. The average molecular weight is 584 g/mol. The highest BCUT2D eigenvalue weighted by Crippen LogP contribution is 2.37. The Morgan fingerprint density at radius 3 is 2.34 bits per heavy atom. The smallest absolute Gasteiger partial charge is 0.264 e. The van der Waals surface area contributed by atoms with Crippen molar-refractivity contribution >= 4 is 39.7 Å². The minimum absolute atomic E-state index is 0. The number of sulfonamides is 1.